The number of hydrogen-bond acceptors (Lipinski definition) is 9. The van der Waals surface area contributed by atoms with E-state index >= 15 is 0 Å². The minimum atomic E-state index is -0.397. The Morgan fingerprint density at radius 3 is 2.53 bits per heavy atom. The number of likely N-dealkylation sites (tertiary alicyclic amines) is 1. The average Bonchev–Trinajstić information content (AvgIpc) is 3.14. The van der Waals surface area contributed by atoms with E-state index in [4.69, 9.17) is 14.2 Å². The number of nitrogens with zero attached hydrogens (tertiary/aromatic N) is 3. The van der Waals surface area contributed by atoms with Gasteiger partial charge in [0.2, 0.25) is 11.8 Å². The van der Waals surface area contributed by atoms with Gasteiger partial charge < -0.3 is 19.1 Å². The van der Waals surface area contributed by atoms with E-state index in [1.54, 1.807) is 42.2 Å². The SMILES string of the molecule is CCOC(=O)N1CCC(Oc2ncnc(Oc3ccc(C=C4SC(=O)NC4=O)cc3)c2C)CC1. The molecule has 0 radical (unpaired) electrons. The Kier molecular flexibility index (Phi) is 7.31. The molecule has 34 heavy (non-hydrogen) atoms. The van der Waals surface area contributed by atoms with Crippen LogP contribution in [0.3, 0.4) is 0 Å². The molecule has 2 aliphatic rings. The number of aromatic nitrogens is 2. The summed E-state index contributed by atoms with van der Waals surface area (Å²) in [5, 5.41) is 1.85. The molecule has 0 spiro atoms. The highest BCUT2D eigenvalue weighted by Gasteiger charge is 2.26. The fourth-order valence-corrected chi connectivity index (χ4v) is 4.17. The smallest absolute Gasteiger partial charge is 0.409 e. The molecule has 3 amide bonds. The van der Waals surface area contributed by atoms with Crippen LogP contribution in [-0.4, -0.2) is 57.9 Å². The lowest BCUT2D eigenvalue weighted by atomic mass is 10.1. The van der Waals surface area contributed by atoms with Gasteiger partial charge in [0.25, 0.3) is 11.1 Å². The van der Waals surface area contributed by atoms with Crippen molar-refractivity contribution in [2.75, 3.05) is 19.7 Å². The number of imide groups is 1. The Morgan fingerprint density at radius 2 is 1.88 bits per heavy atom. The molecule has 2 saturated heterocycles. The second kappa shape index (κ2) is 10.6. The van der Waals surface area contributed by atoms with Crippen LogP contribution in [0.15, 0.2) is 35.5 Å². The third kappa shape index (κ3) is 5.66. The molecule has 3 heterocycles. The molecule has 1 aromatic heterocycles. The first-order chi connectivity index (χ1) is 16.4. The van der Waals surface area contributed by atoms with Crippen molar-refractivity contribution in [3.63, 3.8) is 0 Å². The normalized spacial score (nSPS) is 17.6. The van der Waals surface area contributed by atoms with Crippen molar-refractivity contribution in [3.05, 3.63) is 46.6 Å². The first-order valence-corrected chi connectivity index (χ1v) is 11.7. The van der Waals surface area contributed by atoms with Crippen LogP contribution in [0.2, 0.25) is 0 Å². The van der Waals surface area contributed by atoms with Gasteiger partial charge >= 0.3 is 6.09 Å². The second-order valence-electron chi connectivity index (χ2n) is 7.64. The molecule has 1 aromatic carbocycles. The standard InChI is InChI=1S/C23H24N4O6S/c1-3-31-23(30)27-10-8-17(9-11-27)33-21-14(2)20(24-13-25-21)32-16-6-4-15(5-7-16)12-18-19(28)26-22(29)34-18/h4-7,12-13,17H,3,8-11H2,1-2H3,(H,26,28,29). The summed E-state index contributed by atoms with van der Waals surface area (Å²) < 4.78 is 17.0. The molecule has 0 saturated carbocycles. The molecule has 0 bridgehead atoms. The van der Waals surface area contributed by atoms with Gasteiger partial charge in [0, 0.05) is 25.9 Å². The zero-order valence-corrected chi connectivity index (χ0v) is 19.6. The van der Waals surface area contributed by atoms with Crippen LogP contribution in [0.4, 0.5) is 9.59 Å². The number of hydrogen-bond donors (Lipinski definition) is 1. The van der Waals surface area contributed by atoms with Gasteiger partial charge in [0.15, 0.2) is 0 Å². The Hall–Kier alpha value is -3.60. The quantitative estimate of drug-likeness (QED) is 0.609. The molecule has 0 atom stereocenters. The minimum absolute atomic E-state index is 0.0722. The molecule has 4 rings (SSSR count). The second-order valence-corrected chi connectivity index (χ2v) is 8.65. The van der Waals surface area contributed by atoms with Crippen LogP contribution in [0.5, 0.6) is 17.5 Å². The Morgan fingerprint density at radius 1 is 1.18 bits per heavy atom. The van der Waals surface area contributed by atoms with Crippen LogP contribution >= 0.6 is 11.8 Å². The first kappa shape index (κ1) is 23.6. The minimum Gasteiger partial charge on any atom is -0.474 e. The van der Waals surface area contributed by atoms with E-state index in [2.05, 4.69) is 15.3 Å². The summed E-state index contributed by atoms with van der Waals surface area (Å²) >= 11 is 0.870. The van der Waals surface area contributed by atoms with Gasteiger partial charge in [-0.05, 0) is 49.4 Å². The molecule has 2 fully saturated rings. The van der Waals surface area contributed by atoms with Crippen molar-refractivity contribution in [2.45, 2.75) is 32.8 Å². The van der Waals surface area contributed by atoms with Crippen molar-refractivity contribution in [1.82, 2.24) is 20.2 Å². The maximum atomic E-state index is 11.9. The van der Waals surface area contributed by atoms with Gasteiger partial charge in [-0.25, -0.2) is 14.8 Å². The lowest BCUT2D eigenvalue weighted by Crippen LogP contribution is -2.42. The van der Waals surface area contributed by atoms with Gasteiger partial charge in [-0.2, -0.15) is 0 Å². The Bertz CT molecular complexity index is 1110. The highest BCUT2D eigenvalue weighted by atomic mass is 32.2. The molecule has 2 aromatic rings. The maximum absolute atomic E-state index is 11.9. The fourth-order valence-electron chi connectivity index (χ4n) is 3.49. The maximum Gasteiger partial charge on any atom is 0.409 e. The van der Waals surface area contributed by atoms with Crippen LogP contribution in [0.25, 0.3) is 6.08 Å². The van der Waals surface area contributed by atoms with E-state index in [-0.39, 0.29) is 17.4 Å². The molecular formula is C23H24N4O6S. The van der Waals surface area contributed by atoms with Crippen molar-refractivity contribution < 1.29 is 28.6 Å². The van der Waals surface area contributed by atoms with Crippen molar-refractivity contribution in [3.8, 4) is 17.5 Å². The summed E-state index contributed by atoms with van der Waals surface area (Å²) in [6, 6.07) is 7.06. The predicted octanol–water partition coefficient (Wildman–Crippen LogP) is 3.90. The Labute approximate surface area is 200 Å². The number of benzene rings is 1. The molecule has 11 heteroatoms. The molecule has 0 aliphatic carbocycles. The van der Waals surface area contributed by atoms with Crippen LogP contribution in [0, 0.1) is 6.92 Å². The molecule has 2 aliphatic heterocycles. The van der Waals surface area contributed by atoms with E-state index in [1.807, 2.05) is 6.92 Å². The van der Waals surface area contributed by atoms with Crippen molar-refractivity contribution in [2.24, 2.45) is 0 Å². The van der Waals surface area contributed by atoms with Gasteiger partial charge in [0.1, 0.15) is 18.2 Å². The monoisotopic (exact) mass is 484 g/mol. The summed E-state index contributed by atoms with van der Waals surface area (Å²) in [6.07, 6.45) is 4.02. The summed E-state index contributed by atoms with van der Waals surface area (Å²) in [5.41, 5.74) is 1.43. The zero-order chi connectivity index (χ0) is 24.1. The number of rotatable bonds is 6. The number of thioether (sulfide) groups is 1. The Balaban J connectivity index is 1.37. The van der Waals surface area contributed by atoms with Crippen molar-refractivity contribution in [1.29, 1.82) is 0 Å². The van der Waals surface area contributed by atoms with E-state index < -0.39 is 5.91 Å². The van der Waals surface area contributed by atoms with Gasteiger partial charge in [0.05, 0.1) is 17.1 Å². The molecule has 178 valence electrons. The number of carbonyl (C=O) groups excluding carboxylic acids is 3. The zero-order valence-electron chi connectivity index (χ0n) is 18.8. The molecule has 0 unspecified atom stereocenters. The first-order valence-electron chi connectivity index (χ1n) is 10.9. The highest BCUT2D eigenvalue weighted by molar-refractivity contribution is 8.18. The third-order valence-electron chi connectivity index (χ3n) is 5.27. The highest BCUT2D eigenvalue weighted by Crippen LogP contribution is 2.30. The number of nitrogens with one attached hydrogen (secondary N) is 1. The van der Waals surface area contributed by atoms with E-state index in [0.717, 1.165) is 17.3 Å². The predicted molar refractivity (Wildman–Crippen MR) is 125 cm³/mol. The summed E-state index contributed by atoms with van der Waals surface area (Å²) in [4.78, 5) is 45.3. The van der Waals surface area contributed by atoms with E-state index in [1.165, 1.54) is 6.33 Å². The fraction of sp³-hybridized carbons (Fsp3) is 0.348. The lowest BCUT2D eigenvalue weighted by Gasteiger charge is -2.31. The van der Waals surface area contributed by atoms with Gasteiger partial charge in [-0.1, -0.05) is 12.1 Å². The molecular weight excluding hydrogens is 460 g/mol. The van der Waals surface area contributed by atoms with E-state index in [0.29, 0.717) is 60.5 Å². The number of amides is 3. The number of carbonyl (C=O) groups is 3. The van der Waals surface area contributed by atoms with Crippen LogP contribution in [-0.2, 0) is 9.53 Å². The summed E-state index contributed by atoms with van der Waals surface area (Å²) in [7, 11) is 0. The molecule has 10 nitrogen and oxygen atoms in total. The summed E-state index contributed by atoms with van der Waals surface area (Å²) in [6.45, 7) is 5.09. The average molecular weight is 485 g/mol. The number of ether oxygens (including phenoxy) is 3. The van der Waals surface area contributed by atoms with Crippen molar-refractivity contribution >= 4 is 35.1 Å². The topological polar surface area (TPSA) is 120 Å². The lowest BCUT2D eigenvalue weighted by molar-refractivity contribution is -0.115. The van der Waals surface area contributed by atoms with Gasteiger partial charge in [-0.15, -0.1) is 0 Å². The van der Waals surface area contributed by atoms with E-state index in [9.17, 15) is 14.4 Å². The summed E-state index contributed by atoms with van der Waals surface area (Å²) in [5.74, 6) is 0.967. The molecule has 1 N–H and O–H groups in total. The van der Waals surface area contributed by atoms with Crippen LogP contribution in [0.1, 0.15) is 30.9 Å². The van der Waals surface area contributed by atoms with Gasteiger partial charge in [-0.3, -0.25) is 14.9 Å². The van der Waals surface area contributed by atoms with Crippen LogP contribution < -0.4 is 14.8 Å². The third-order valence-corrected chi connectivity index (χ3v) is 6.08. The largest absolute Gasteiger partial charge is 0.474 e. The number of piperidine rings is 1.